The van der Waals surface area contributed by atoms with Crippen LogP contribution in [0.15, 0.2) is 232 Å². The van der Waals surface area contributed by atoms with Crippen LogP contribution < -0.4 is 18.9 Å². The number of carbonyl (C=O) groups is 2. The number of fused-ring (bicyclic) bond motifs is 7. The van der Waals surface area contributed by atoms with Crippen molar-refractivity contribution in [3.63, 3.8) is 0 Å². The second-order valence-corrected chi connectivity index (χ2v) is 24.3. The molecule has 1 unspecified atom stereocenters. The van der Waals surface area contributed by atoms with Gasteiger partial charge in [-0.25, -0.2) is 0 Å². The van der Waals surface area contributed by atoms with Gasteiger partial charge in [0.1, 0.15) is 6.10 Å². The van der Waals surface area contributed by atoms with E-state index >= 15 is 0 Å². The van der Waals surface area contributed by atoms with Crippen molar-refractivity contribution in [3.8, 4) is 0 Å². The summed E-state index contributed by atoms with van der Waals surface area (Å²) in [6.07, 6.45) is 4.17. The van der Waals surface area contributed by atoms with Gasteiger partial charge in [-0.1, -0.05) is 243 Å². The maximum atomic E-state index is 11.4. The fraction of sp³-hybridized carbons (Fsp3) is 0.137. The van der Waals surface area contributed by atoms with Gasteiger partial charge in [0.2, 0.25) is 0 Å². The maximum Gasteiger partial charge on any atom is 1.00 e. The second-order valence-electron chi connectivity index (χ2n) is 20.3. The summed E-state index contributed by atoms with van der Waals surface area (Å²) >= 11 is 13.1. The molecule has 3 aliphatic carbocycles. The number of carbonyl (C=O) groups excluding carboxylic acids is 1. The molecule has 1 saturated heterocycles. The molecule has 12 aromatic carbocycles. The fourth-order valence-electron chi connectivity index (χ4n) is 11.4. The van der Waals surface area contributed by atoms with Crippen molar-refractivity contribution in [2.45, 2.75) is 51.0 Å². The molecule has 0 aromatic heterocycles. The minimum atomic E-state index is -0.833. The molecule has 0 radical (unpaired) electrons. The fourth-order valence-corrected chi connectivity index (χ4v) is 14.1. The van der Waals surface area contributed by atoms with Crippen molar-refractivity contribution in [1.82, 2.24) is 0 Å². The molecule has 5 nitrogen and oxygen atoms in total. The van der Waals surface area contributed by atoms with Crippen LogP contribution in [0.5, 0.6) is 0 Å². The maximum absolute atomic E-state index is 11.4. The zero-order chi connectivity index (χ0) is 57.5. The number of aliphatic carboxylic acids is 1. The number of aliphatic hydroxyl groups excluding tert-OH is 1. The Hall–Kier alpha value is -5.68. The molecule has 1 aliphatic heterocycles. The van der Waals surface area contributed by atoms with Crippen molar-refractivity contribution in [2.75, 3.05) is 13.2 Å². The van der Waals surface area contributed by atoms with Crippen LogP contribution in [0, 0.1) is 10.5 Å². The standard InChI is InChI=1S/C21H15BrO.C21H11Br.C11H6O.C10H6BrI.C4H8O.C4H9.C2H4O2.ClH.Li/c22-16-12-15-7-2-4-10-18(15)20(13-16)21(23)19-11-5-8-14-6-1-3-9-17(14)19;22-14-10-13-6-3-9-17-20(13)18(11-14)21(17)15-7-1-4-12-5-2-8-16(21)19(12)15;12-11-8-5-1-3-7-4-2-6-9(11)10(7)8;11-8-5-7-3-1-2-4-9(7)10(12)6-8;1-2-4-5-3-1;1-3-4-2;1-2(3)4;;/h1-13,21,23H;1-11H;2*1-6H;1-4H2;1,3-4H2,2H3;1H3,(H,3,4);1H;/q;;;;;-1;;;+1. The number of benzene rings is 12. The van der Waals surface area contributed by atoms with Gasteiger partial charge in [0, 0.05) is 53.6 Å². The molecule has 1 heterocycles. The number of carboxylic acid groups (broad SMARTS) is 1. The molecule has 2 N–H and O–H groups in total. The minimum absolute atomic E-state index is 0. The molecule has 0 bridgehead atoms. The van der Waals surface area contributed by atoms with Crippen molar-refractivity contribution >= 4 is 159 Å². The van der Waals surface area contributed by atoms with Gasteiger partial charge < -0.3 is 21.9 Å². The second kappa shape index (κ2) is 29.1. The van der Waals surface area contributed by atoms with E-state index in [1.165, 1.54) is 87.3 Å². The Morgan fingerprint density at radius 3 is 1.46 bits per heavy atom. The van der Waals surface area contributed by atoms with Crippen LogP contribution in [0.4, 0.5) is 0 Å². The molecule has 11 heteroatoms. The van der Waals surface area contributed by atoms with E-state index in [1.807, 2.05) is 78.9 Å². The zero-order valence-electron chi connectivity index (χ0n) is 46.9. The Balaban J connectivity index is 0.000000139. The third kappa shape index (κ3) is 13.2. The van der Waals surface area contributed by atoms with Crippen LogP contribution in [0.25, 0.3) is 64.6 Å². The molecule has 1 spiro atoms. The third-order valence-corrected chi connectivity index (χ3v) is 17.4. The summed E-state index contributed by atoms with van der Waals surface area (Å²) in [4.78, 5) is 20.4. The van der Waals surface area contributed by atoms with Crippen LogP contribution in [0.1, 0.15) is 94.9 Å². The smallest absolute Gasteiger partial charge is 0.481 e. The number of aliphatic hydroxyl groups is 1. The molecular formula is C73H60Br3ClILiO5. The SMILES string of the molecule is Brc1cc(I)c2ccccc2c1.Brc1cc2c3c(cccc3c1)C21c2cccc3cccc1c23.C1CCOC1.CC(=O)O.Cl.O=C1c2cccc3cccc1c23.OC(c1cccc2ccccc12)c1cc(Br)cc2ccccc12.[CH2-]CCC.[Li+]. The normalized spacial score (nSPS) is 13.1. The average molecular weight is 1430 g/mol. The predicted octanol–water partition coefficient (Wildman–Crippen LogP) is 18.1. The van der Waals surface area contributed by atoms with Crippen LogP contribution in [0.2, 0.25) is 0 Å². The Kier molecular flexibility index (Phi) is 22.3. The Morgan fingerprint density at radius 1 is 0.536 bits per heavy atom. The van der Waals surface area contributed by atoms with Gasteiger partial charge in [0.15, 0.2) is 5.78 Å². The average Bonchev–Trinajstić information content (AvgIpc) is 0.680. The first-order valence-corrected chi connectivity index (χ1v) is 30.9. The number of unbranched alkanes of at least 4 members (excludes halogenated alkanes) is 1. The van der Waals surface area contributed by atoms with Gasteiger partial charge in [0.25, 0.3) is 5.97 Å². The molecule has 16 rings (SSSR count). The molecular weight excluding hydrogens is 1370 g/mol. The number of hydrogen-bond acceptors (Lipinski definition) is 4. The van der Waals surface area contributed by atoms with Crippen LogP contribution in [-0.2, 0) is 14.9 Å². The number of ether oxygens (including phenoxy) is 1. The van der Waals surface area contributed by atoms with E-state index in [1.54, 1.807) is 0 Å². The third-order valence-electron chi connectivity index (χ3n) is 15.1. The van der Waals surface area contributed by atoms with Gasteiger partial charge in [-0.2, -0.15) is 6.42 Å². The van der Waals surface area contributed by atoms with Crippen molar-refractivity contribution in [2.24, 2.45) is 0 Å². The van der Waals surface area contributed by atoms with E-state index in [-0.39, 0.29) is 42.5 Å². The summed E-state index contributed by atoms with van der Waals surface area (Å²) in [6.45, 7) is 8.81. The number of hydrogen-bond donors (Lipinski definition) is 2. The van der Waals surface area contributed by atoms with E-state index in [4.69, 9.17) is 14.6 Å². The largest absolute Gasteiger partial charge is 1.00 e. The van der Waals surface area contributed by atoms with E-state index in [9.17, 15) is 9.90 Å². The van der Waals surface area contributed by atoms with Crippen molar-refractivity contribution in [1.29, 1.82) is 0 Å². The van der Waals surface area contributed by atoms with Gasteiger partial charge in [0.05, 0.1) is 5.41 Å². The van der Waals surface area contributed by atoms with E-state index < -0.39 is 12.1 Å². The van der Waals surface area contributed by atoms with E-state index in [2.05, 4.69) is 224 Å². The number of carboxylic acids is 1. The first kappa shape index (κ1) is 64.3. The molecule has 4 aliphatic rings. The van der Waals surface area contributed by atoms with Gasteiger partial charge >= 0.3 is 18.9 Å². The minimum Gasteiger partial charge on any atom is -0.481 e. The zero-order valence-corrected chi connectivity index (χ0v) is 54.6. The van der Waals surface area contributed by atoms with Crippen LogP contribution in [-0.4, -0.2) is 35.2 Å². The Bertz CT molecular complexity index is 4260. The van der Waals surface area contributed by atoms with Gasteiger partial charge in [-0.3, -0.25) is 9.59 Å². The van der Waals surface area contributed by atoms with E-state index in [0.717, 1.165) is 84.7 Å². The Labute approximate surface area is 548 Å². The quantitative estimate of drug-likeness (QED) is 0.105. The molecule has 1 fully saturated rings. The van der Waals surface area contributed by atoms with Crippen molar-refractivity contribution in [3.05, 3.63) is 287 Å². The first-order valence-electron chi connectivity index (χ1n) is 27.4. The summed E-state index contributed by atoms with van der Waals surface area (Å²) in [6, 6.07) is 75.5. The topological polar surface area (TPSA) is 83.8 Å². The Morgan fingerprint density at radius 2 is 0.929 bits per heavy atom. The molecule has 0 saturated carbocycles. The van der Waals surface area contributed by atoms with Gasteiger partial charge in [-0.15, -0.1) is 12.4 Å². The molecule has 12 aromatic rings. The number of rotatable bonds is 3. The first-order chi connectivity index (χ1) is 39.8. The monoisotopic (exact) mass is 1420 g/mol. The molecule has 1 atom stereocenters. The van der Waals surface area contributed by atoms with E-state index in [0.29, 0.717) is 0 Å². The predicted molar refractivity (Wildman–Crippen MR) is 367 cm³/mol. The summed E-state index contributed by atoms with van der Waals surface area (Å²) < 4.78 is 9.52. The summed E-state index contributed by atoms with van der Waals surface area (Å²) in [5.74, 6) is -0.642. The molecule has 0 amide bonds. The van der Waals surface area contributed by atoms with Crippen LogP contribution >= 0.6 is 82.8 Å². The van der Waals surface area contributed by atoms with Crippen LogP contribution in [0.3, 0.4) is 0 Å². The summed E-state index contributed by atoms with van der Waals surface area (Å²) in [5, 5.41) is 33.5. The molecule has 84 heavy (non-hydrogen) atoms. The summed E-state index contributed by atoms with van der Waals surface area (Å²) in [5.41, 5.74) is 9.49. The number of halogens is 5. The summed E-state index contributed by atoms with van der Waals surface area (Å²) in [7, 11) is 0. The van der Waals surface area contributed by atoms with Crippen molar-refractivity contribution < 1.29 is 43.4 Å². The molecule has 418 valence electrons. The van der Waals surface area contributed by atoms with Gasteiger partial charge in [-0.05, 0) is 164 Å². The number of ketones is 1.